The van der Waals surface area contributed by atoms with E-state index in [4.69, 9.17) is 4.74 Å². The first-order valence-electron chi connectivity index (χ1n) is 10.2. The summed E-state index contributed by atoms with van der Waals surface area (Å²) >= 11 is 1.52. The van der Waals surface area contributed by atoms with E-state index in [1.807, 2.05) is 48.5 Å². The number of benzene rings is 3. The quantitative estimate of drug-likeness (QED) is 0.552. The van der Waals surface area contributed by atoms with Crippen molar-refractivity contribution in [2.24, 2.45) is 0 Å². The Kier molecular flexibility index (Phi) is 6.11. The standard InChI is InChI=1S/C25H22N2O5S/c1-25(2)24(31)27(19-14-16(23(29)30)12-13-20(19)32-25)15-22(28)26-18-10-6-7-11-21(18)33-17-8-4-3-5-9-17/h3-14H,15H2,1-2H3,(H,26,28)(H,29,30). The Morgan fingerprint density at radius 3 is 2.45 bits per heavy atom. The number of aromatic carboxylic acids is 1. The summed E-state index contributed by atoms with van der Waals surface area (Å²) in [6.07, 6.45) is 0. The highest BCUT2D eigenvalue weighted by Gasteiger charge is 2.42. The smallest absolute Gasteiger partial charge is 0.335 e. The van der Waals surface area contributed by atoms with E-state index in [1.165, 1.54) is 34.9 Å². The second kappa shape index (κ2) is 8.99. The molecular weight excluding hydrogens is 440 g/mol. The van der Waals surface area contributed by atoms with Crippen molar-refractivity contribution in [3.8, 4) is 5.75 Å². The summed E-state index contributed by atoms with van der Waals surface area (Å²) < 4.78 is 5.76. The number of hydrogen-bond donors (Lipinski definition) is 2. The maximum atomic E-state index is 13.1. The van der Waals surface area contributed by atoms with Gasteiger partial charge in [0.05, 0.1) is 16.9 Å². The number of carbonyl (C=O) groups is 3. The molecule has 0 saturated carbocycles. The van der Waals surface area contributed by atoms with Gasteiger partial charge in [-0.25, -0.2) is 4.79 Å². The molecule has 0 radical (unpaired) electrons. The van der Waals surface area contributed by atoms with Crippen molar-refractivity contribution >= 4 is 40.9 Å². The number of nitrogens with one attached hydrogen (secondary N) is 1. The lowest BCUT2D eigenvalue weighted by molar-refractivity contribution is -0.133. The van der Waals surface area contributed by atoms with Crippen LogP contribution in [0.3, 0.4) is 0 Å². The fourth-order valence-electron chi connectivity index (χ4n) is 3.47. The normalized spacial score (nSPS) is 14.2. The van der Waals surface area contributed by atoms with Crippen molar-refractivity contribution in [2.75, 3.05) is 16.8 Å². The number of ether oxygens (including phenoxy) is 1. The monoisotopic (exact) mass is 462 g/mol. The van der Waals surface area contributed by atoms with Gasteiger partial charge < -0.3 is 15.2 Å². The fraction of sp³-hybridized carbons (Fsp3) is 0.160. The SMILES string of the molecule is CC1(C)Oc2ccc(C(=O)O)cc2N(CC(=O)Nc2ccccc2Sc2ccccc2)C1=O. The Hall–Kier alpha value is -3.78. The first-order chi connectivity index (χ1) is 15.7. The Balaban J connectivity index is 1.58. The molecule has 0 unspecified atom stereocenters. The molecule has 1 aliphatic rings. The van der Waals surface area contributed by atoms with Crippen molar-refractivity contribution in [3.63, 3.8) is 0 Å². The van der Waals surface area contributed by atoms with Gasteiger partial charge in [-0.3, -0.25) is 14.5 Å². The molecule has 0 aliphatic carbocycles. The zero-order chi connectivity index (χ0) is 23.6. The van der Waals surface area contributed by atoms with Crippen molar-refractivity contribution in [2.45, 2.75) is 29.2 Å². The molecule has 8 heteroatoms. The van der Waals surface area contributed by atoms with Gasteiger partial charge >= 0.3 is 5.97 Å². The molecule has 3 aromatic rings. The number of anilines is 2. The number of para-hydroxylation sites is 1. The lowest BCUT2D eigenvalue weighted by atomic mass is 10.0. The van der Waals surface area contributed by atoms with Crippen molar-refractivity contribution < 1.29 is 24.2 Å². The van der Waals surface area contributed by atoms with Gasteiger partial charge in [0.2, 0.25) is 5.91 Å². The lowest BCUT2D eigenvalue weighted by Crippen LogP contribution is -2.54. The van der Waals surface area contributed by atoms with Crippen LogP contribution in [0.4, 0.5) is 11.4 Å². The Labute approximate surface area is 195 Å². The molecule has 0 bridgehead atoms. The minimum atomic E-state index is -1.20. The number of rotatable bonds is 6. The number of carboxylic acids is 1. The van der Waals surface area contributed by atoms with Crippen LogP contribution in [-0.2, 0) is 9.59 Å². The number of nitrogens with zero attached hydrogens (tertiary/aromatic N) is 1. The third-order valence-corrected chi connectivity index (χ3v) is 6.14. The maximum absolute atomic E-state index is 13.1. The Morgan fingerprint density at radius 1 is 1.03 bits per heavy atom. The van der Waals surface area contributed by atoms with Gasteiger partial charge in [-0.2, -0.15) is 0 Å². The molecule has 3 aromatic carbocycles. The van der Waals surface area contributed by atoms with Gasteiger partial charge in [0.1, 0.15) is 12.3 Å². The molecule has 0 spiro atoms. The number of hydrogen-bond acceptors (Lipinski definition) is 5. The van der Waals surface area contributed by atoms with E-state index in [0.717, 1.165) is 9.79 Å². The Morgan fingerprint density at radius 2 is 1.73 bits per heavy atom. The van der Waals surface area contributed by atoms with E-state index in [0.29, 0.717) is 11.4 Å². The average Bonchev–Trinajstić information content (AvgIpc) is 2.78. The van der Waals surface area contributed by atoms with Crippen molar-refractivity contribution in [1.29, 1.82) is 0 Å². The molecule has 2 N–H and O–H groups in total. The second-order valence-corrected chi connectivity index (χ2v) is 9.07. The minimum absolute atomic E-state index is 0.000119. The van der Waals surface area contributed by atoms with Gasteiger partial charge in [0.25, 0.3) is 5.91 Å². The second-order valence-electron chi connectivity index (χ2n) is 7.95. The van der Waals surface area contributed by atoms with Crippen molar-refractivity contribution in [3.05, 3.63) is 78.4 Å². The summed E-state index contributed by atoms with van der Waals surface area (Å²) in [5.41, 5.74) is -0.323. The molecule has 168 valence electrons. The van der Waals surface area contributed by atoms with Crippen LogP contribution in [-0.4, -0.2) is 35.0 Å². The van der Waals surface area contributed by atoms with Gasteiger partial charge in [-0.1, -0.05) is 42.1 Å². The van der Waals surface area contributed by atoms with E-state index in [2.05, 4.69) is 5.32 Å². The third-order valence-electron chi connectivity index (χ3n) is 5.06. The molecule has 2 amide bonds. The first-order valence-corrected chi connectivity index (χ1v) is 11.1. The van der Waals surface area contributed by atoms with Crippen LogP contribution in [0.15, 0.2) is 82.6 Å². The Bertz CT molecular complexity index is 1230. The highest BCUT2D eigenvalue weighted by atomic mass is 32.2. The first kappa shape index (κ1) is 22.4. The highest BCUT2D eigenvalue weighted by molar-refractivity contribution is 7.99. The minimum Gasteiger partial charge on any atom is -0.478 e. The predicted molar refractivity (Wildman–Crippen MR) is 126 cm³/mol. The van der Waals surface area contributed by atoms with Gasteiger partial charge in [0.15, 0.2) is 5.60 Å². The van der Waals surface area contributed by atoms with Crippen LogP contribution in [0.2, 0.25) is 0 Å². The molecule has 0 atom stereocenters. The third kappa shape index (κ3) is 4.85. The molecule has 33 heavy (non-hydrogen) atoms. The summed E-state index contributed by atoms with van der Waals surface area (Å²) in [5.74, 6) is -1.63. The van der Waals surface area contributed by atoms with E-state index in [1.54, 1.807) is 19.9 Å². The van der Waals surface area contributed by atoms with Gasteiger partial charge in [0, 0.05) is 9.79 Å². The number of carboxylic acid groups (broad SMARTS) is 1. The predicted octanol–water partition coefficient (Wildman–Crippen LogP) is 4.68. The largest absolute Gasteiger partial charge is 0.478 e. The van der Waals surface area contributed by atoms with Crippen LogP contribution in [0, 0.1) is 0 Å². The zero-order valence-corrected chi connectivity index (χ0v) is 18.9. The fourth-order valence-corrected chi connectivity index (χ4v) is 4.39. The van der Waals surface area contributed by atoms with E-state index in [-0.39, 0.29) is 17.8 Å². The number of fused-ring (bicyclic) bond motifs is 1. The lowest BCUT2D eigenvalue weighted by Gasteiger charge is -2.38. The summed E-state index contributed by atoms with van der Waals surface area (Å²) in [6.45, 7) is 2.94. The van der Waals surface area contributed by atoms with Crippen LogP contribution in [0.1, 0.15) is 24.2 Å². The molecule has 0 fully saturated rings. The summed E-state index contributed by atoms with van der Waals surface area (Å²) in [4.78, 5) is 40.6. The van der Waals surface area contributed by atoms with Crippen LogP contribution < -0.4 is 15.0 Å². The molecule has 0 saturated heterocycles. The molecule has 4 rings (SSSR count). The van der Waals surface area contributed by atoms with Crippen LogP contribution >= 0.6 is 11.8 Å². The highest BCUT2D eigenvalue weighted by Crippen LogP contribution is 2.38. The molecule has 1 heterocycles. The van der Waals surface area contributed by atoms with E-state index in [9.17, 15) is 19.5 Å². The van der Waals surface area contributed by atoms with E-state index < -0.39 is 23.4 Å². The van der Waals surface area contributed by atoms with Crippen molar-refractivity contribution in [1.82, 2.24) is 0 Å². The van der Waals surface area contributed by atoms with Crippen LogP contribution in [0.25, 0.3) is 0 Å². The molecule has 7 nitrogen and oxygen atoms in total. The summed E-state index contributed by atoms with van der Waals surface area (Å²) in [6, 6.07) is 21.4. The molecule has 1 aliphatic heterocycles. The number of carbonyl (C=O) groups excluding carboxylic acids is 2. The number of amides is 2. The topological polar surface area (TPSA) is 95.9 Å². The van der Waals surface area contributed by atoms with Gasteiger partial charge in [-0.05, 0) is 56.3 Å². The molecule has 0 aromatic heterocycles. The molecular formula is C25H22N2O5S. The maximum Gasteiger partial charge on any atom is 0.335 e. The average molecular weight is 463 g/mol. The zero-order valence-electron chi connectivity index (χ0n) is 18.1. The summed E-state index contributed by atoms with van der Waals surface area (Å²) in [7, 11) is 0. The van der Waals surface area contributed by atoms with Gasteiger partial charge in [-0.15, -0.1) is 0 Å². The summed E-state index contributed by atoms with van der Waals surface area (Å²) in [5, 5.41) is 12.2. The van der Waals surface area contributed by atoms with E-state index >= 15 is 0 Å². The van der Waals surface area contributed by atoms with Crippen LogP contribution in [0.5, 0.6) is 5.75 Å².